The molecule has 0 bridgehead atoms. The maximum Gasteiger partial charge on any atom is 0.268 e. The van der Waals surface area contributed by atoms with E-state index in [1.54, 1.807) is 13.0 Å². The van der Waals surface area contributed by atoms with E-state index in [1.807, 2.05) is 19.9 Å². The molecule has 1 aliphatic rings. The third-order valence-electron chi connectivity index (χ3n) is 4.18. The Balaban J connectivity index is 1.92. The van der Waals surface area contributed by atoms with Crippen LogP contribution in [0.2, 0.25) is 0 Å². The van der Waals surface area contributed by atoms with Gasteiger partial charge in [-0.3, -0.25) is 4.79 Å². The van der Waals surface area contributed by atoms with Crippen molar-refractivity contribution < 1.29 is 9.18 Å². The number of fused-ring (bicyclic) bond motifs is 1. The van der Waals surface area contributed by atoms with Gasteiger partial charge in [0.2, 0.25) is 0 Å². The molecule has 20 heavy (non-hydrogen) atoms. The van der Waals surface area contributed by atoms with Gasteiger partial charge < -0.3 is 15.6 Å². The Morgan fingerprint density at radius 2 is 2.15 bits per heavy atom. The number of aryl methyl sites for hydroxylation is 1. The van der Waals surface area contributed by atoms with Gasteiger partial charge in [-0.25, -0.2) is 4.39 Å². The highest BCUT2D eigenvalue weighted by Crippen LogP contribution is 2.24. The molecule has 3 N–H and O–H groups in total. The average Bonchev–Trinajstić information content (AvgIpc) is 2.84. The van der Waals surface area contributed by atoms with E-state index in [1.165, 1.54) is 0 Å². The van der Waals surface area contributed by atoms with Crippen LogP contribution in [0, 0.1) is 19.7 Å². The first-order chi connectivity index (χ1) is 9.47. The molecular formula is C15H18FN3O. The van der Waals surface area contributed by atoms with Gasteiger partial charge in [-0.05, 0) is 44.0 Å². The van der Waals surface area contributed by atoms with E-state index in [0.29, 0.717) is 16.8 Å². The Hall–Kier alpha value is -1.88. The molecular weight excluding hydrogens is 257 g/mol. The number of amides is 1. The largest absolute Gasteiger partial charge is 0.348 e. The van der Waals surface area contributed by atoms with E-state index >= 15 is 0 Å². The summed E-state index contributed by atoms with van der Waals surface area (Å²) >= 11 is 0. The van der Waals surface area contributed by atoms with Gasteiger partial charge in [0.05, 0.1) is 11.6 Å². The summed E-state index contributed by atoms with van der Waals surface area (Å²) in [5, 5.41) is 6.85. The van der Waals surface area contributed by atoms with Crippen molar-refractivity contribution >= 4 is 16.8 Å². The van der Waals surface area contributed by atoms with Gasteiger partial charge in [-0.1, -0.05) is 0 Å². The van der Waals surface area contributed by atoms with E-state index < -0.39 is 0 Å². The molecule has 1 amide bonds. The number of hydrogen-bond acceptors (Lipinski definition) is 2. The summed E-state index contributed by atoms with van der Waals surface area (Å²) in [6, 6.07) is 4.03. The topological polar surface area (TPSA) is 56.9 Å². The Kier molecular flexibility index (Phi) is 3.01. The van der Waals surface area contributed by atoms with Crippen molar-refractivity contribution in [2.45, 2.75) is 32.9 Å². The van der Waals surface area contributed by atoms with Gasteiger partial charge in [0, 0.05) is 18.0 Å². The van der Waals surface area contributed by atoms with Crippen molar-refractivity contribution in [3.8, 4) is 0 Å². The SMILES string of the molecule is Cc1cc2cc(C(=O)N[C@H]3CN[C@H]3C)[nH]c2c(F)c1C. The lowest BCUT2D eigenvalue weighted by atomic mass is 10.0. The second kappa shape index (κ2) is 4.59. The van der Waals surface area contributed by atoms with E-state index in [4.69, 9.17) is 0 Å². The molecule has 0 aliphatic carbocycles. The minimum Gasteiger partial charge on any atom is -0.348 e. The lowest BCUT2D eigenvalue weighted by molar-refractivity contribution is 0.0902. The summed E-state index contributed by atoms with van der Waals surface area (Å²) in [5.41, 5.74) is 2.31. The average molecular weight is 275 g/mol. The molecule has 106 valence electrons. The molecule has 0 radical (unpaired) electrons. The monoisotopic (exact) mass is 275 g/mol. The summed E-state index contributed by atoms with van der Waals surface area (Å²) in [6.45, 7) is 6.41. The number of hydrogen-bond donors (Lipinski definition) is 3. The fourth-order valence-electron chi connectivity index (χ4n) is 2.48. The highest BCUT2D eigenvalue weighted by atomic mass is 19.1. The van der Waals surface area contributed by atoms with Crippen molar-refractivity contribution in [1.82, 2.24) is 15.6 Å². The third kappa shape index (κ3) is 1.98. The minimum atomic E-state index is -0.280. The Morgan fingerprint density at radius 1 is 1.40 bits per heavy atom. The molecule has 4 nitrogen and oxygen atoms in total. The third-order valence-corrected chi connectivity index (χ3v) is 4.18. The van der Waals surface area contributed by atoms with Crippen LogP contribution in [0.4, 0.5) is 4.39 Å². The standard InChI is InChI=1S/C15H18FN3O/c1-7-4-10-5-11(18-14(10)13(16)8(7)2)15(20)19-12-6-17-9(12)3/h4-5,9,12,17-18H,6H2,1-3H3,(H,19,20)/t9-,12-/m0/s1. The van der Waals surface area contributed by atoms with Gasteiger partial charge in [0.25, 0.3) is 5.91 Å². The van der Waals surface area contributed by atoms with Crippen LogP contribution in [0.5, 0.6) is 0 Å². The van der Waals surface area contributed by atoms with Gasteiger partial charge >= 0.3 is 0 Å². The zero-order valence-electron chi connectivity index (χ0n) is 11.8. The van der Waals surface area contributed by atoms with Gasteiger partial charge in [-0.15, -0.1) is 0 Å². The van der Waals surface area contributed by atoms with Crippen molar-refractivity contribution in [2.75, 3.05) is 6.54 Å². The van der Waals surface area contributed by atoms with Crippen molar-refractivity contribution in [2.24, 2.45) is 0 Å². The number of carbonyl (C=O) groups excluding carboxylic acids is 1. The van der Waals surface area contributed by atoms with Gasteiger partial charge in [0.1, 0.15) is 11.5 Å². The van der Waals surface area contributed by atoms with Crippen molar-refractivity contribution in [3.63, 3.8) is 0 Å². The van der Waals surface area contributed by atoms with E-state index in [-0.39, 0.29) is 23.8 Å². The van der Waals surface area contributed by atoms with Crippen LogP contribution in [0.3, 0.4) is 0 Å². The molecule has 1 fully saturated rings. The van der Waals surface area contributed by atoms with Gasteiger partial charge in [0.15, 0.2) is 0 Å². The van der Waals surface area contributed by atoms with E-state index in [2.05, 4.69) is 15.6 Å². The smallest absolute Gasteiger partial charge is 0.268 e. The number of aromatic nitrogens is 1. The molecule has 3 rings (SSSR count). The predicted molar refractivity (Wildman–Crippen MR) is 76.4 cm³/mol. The molecule has 1 aromatic carbocycles. The molecule has 2 heterocycles. The van der Waals surface area contributed by atoms with Crippen LogP contribution in [0.15, 0.2) is 12.1 Å². The molecule has 0 saturated carbocycles. The van der Waals surface area contributed by atoms with Crippen LogP contribution in [0.25, 0.3) is 10.9 Å². The summed E-state index contributed by atoms with van der Waals surface area (Å²) in [6.07, 6.45) is 0. The fraction of sp³-hybridized carbons (Fsp3) is 0.400. The van der Waals surface area contributed by atoms with Crippen molar-refractivity contribution in [1.29, 1.82) is 0 Å². The number of nitrogens with one attached hydrogen (secondary N) is 3. The normalized spacial score (nSPS) is 21.8. The Labute approximate surface area is 116 Å². The summed E-state index contributed by atoms with van der Waals surface area (Å²) in [7, 11) is 0. The fourth-order valence-corrected chi connectivity index (χ4v) is 2.48. The zero-order chi connectivity index (χ0) is 14.4. The van der Waals surface area contributed by atoms with Crippen LogP contribution < -0.4 is 10.6 Å². The zero-order valence-corrected chi connectivity index (χ0v) is 11.8. The first kappa shape index (κ1) is 13.1. The number of H-pyrrole nitrogens is 1. The number of rotatable bonds is 2. The quantitative estimate of drug-likeness (QED) is 0.785. The van der Waals surface area contributed by atoms with Crippen LogP contribution in [-0.4, -0.2) is 29.5 Å². The lowest BCUT2D eigenvalue weighted by Crippen LogP contribution is -2.63. The molecule has 2 atom stereocenters. The highest BCUT2D eigenvalue weighted by Gasteiger charge is 2.28. The molecule has 1 aromatic heterocycles. The molecule has 2 aromatic rings. The number of halogens is 1. The van der Waals surface area contributed by atoms with Crippen LogP contribution in [-0.2, 0) is 0 Å². The second-order valence-corrected chi connectivity index (χ2v) is 5.56. The van der Waals surface area contributed by atoms with E-state index in [9.17, 15) is 9.18 Å². The summed E-state index contributed by atoms with van der Waals surface area (Å²) in [4.78, 5) is 15.0. The molecule has 0 spiro atoms. The molecule has 5 heteroatoms. The maximum absolute atomic E-state index is 14.2. The lowest BCUT2D eigenvalue weighted by Gasteiger charge is -2.35. The van der Waals surface area contributed by atoms with E-state index in [0.717, 1.165) is 17.5 Å². The molecule has 0 unspecified atom stereocenters. The first-order valence-electron chi connectivity index (χ1n) is 6.80. The molecule has 1 saturated heterocycles. The highest BCUT2D eigenvalue weighted by molar-refractivity contribution is 5.98. The minimum absolute atomic E-state index is 0.141. The maximum atomic E-state index is 14.2. The Morgan fingerprint density at radius 3 is 2.75 bits per heavy atom. The predicted octanol–water partition coefficient (Wildman–Crippen LogP) is 2.01. The second-order valence-electron chi connectivity index (χ2n) is 5.56. The number of carbonyl (C=O) groups is 1. The van der Waals surface area contributed by atoms with Crippen LogP contribution >= 0.6 is 0 Å². The van der Waals surface area contributed by atoms with Gasteiger partial charge in [-0.2, -0.15) is 0 Å². The first-order valence-corrected chi connectivity index (χ1v) is 6.80. The van der Waals surface area contributed by atoms with Crippen molar-refractivity contribution in [3.05, 3.63) is 34.8 Å². The number of benzene rings is 1. The summed E-state index contributed by atoms with van der Waals surface area (Å²) < 4.78 is 14.2. The van der Waals surface area contributed by atoms with Crippen LogP contribution in [0.1, 0.15) is 28.5 Å². The molecule has 1 aliphatic heterocycles. The number of aromatic amines is 1. The Bertz CT molecular complexity index is 692. The summed E-state index contributed by atoms with van der Waals surface area (Å²) in [5.74, 6) is -0.466.